The Kier molecular flexibility index (Phi) is 5.27. The van der Waals surface area contributed by atoms with Crippen LogP contribution in [0.3, 0.4) is 0 Å². The number of ketones is 1. The predicted molar refractivity (Wildman–Crippen MR) is 73.8 cm³/mol. The van der Waals surface area contributed by atoms with Gasteiger partial charge in [0.2, 0.25) is 0 Å². The van der Waals surface area contributed by atoms with Gasteiger partial charge < -0.3 is 4.90 Å². The summed E-state index contributed by atoms with van der Waals surface area (Å²) in [5.41, 5.74) is 0.0446. The van der Waals surface area contributed by atoms with Gasteiger partial charge in [-0.15, -0.1) is 11.3 Å². The van der Waals surface area contributed by atoms with Gasteiger partial charge >= 0.3 is 5.69 Å². The fraction of sp³-hybridized carbons (Fsp3) is 0.583. The summed E-state index contributed by atoms with van der Waals surface area (Å²) in [5, 5.41) is 11.6. The molecule has 0 saturated heterocycles. The fourth-order valence-electron chi connectivity index (χ4n) is 1.65. The summed E-state index contributed by atoms with van der Waals surface area (Å²) in [7, 11) is 0. The number of thiophene rings is 1. The molecule has 0 aliphatic rings. The third-order valence-electron chi connectivity index (χ3n) is 2.69. The lowest BCUT2D eigenvalue weighted by Crippen LogP contribution is -2.23. The molecule has 1 heterocycles. The molecule has 0 N–H and O–H groups in total. The largest absolute Gasteiger partial charge is 0.358 e. The van der Waals surface area contributed by atoms with Crippen LogP contribution in [0.5, 0.6) is 0 Å². The maximum Gasteiger partial charge on any atom is 0.304 e. The molecule has 5 nitrogen and oxygen atoms in total. The van der Waals surface area contributed by atoms with Crippen LogP contribution >= 0.6 is 11.3 Å². The number of carbonyl (C=O) groups excluding carboxylic acids is 1. The number of hydrogen-bond donors (Lipinski definition) is 0. The number of carbonyl (C=O) groups is 1. The van der Waals surface area contributed by atoms with Crippen LogP contribution in [0.4, 0.5) is 10.7 Å². The Morgan fingerprint density at radius 1 is 1.50 bits per heavy atom. The summed E-state index contributed by atoms with van der Waals surface area (Å²) in [5.74, 6) is -0.124. The van der Waals surface area contributed by atoms with Gasteiger partial charge in [0.25, 0.3) is 0 Å². The molecule has 1 rings (SSSR count). The van der Waals surface area contributed by atoms with Gasteiger partial charge in [0, 0.05) is 19.2 Å². The highest BCUT2D eigenvalue weighted by Gasteiger charge is 2.24. The van der Waals surface area contributed by atoms with Crippen molar-refractivity contribution in [2.24, 2.45) is 0 Å². The van der Waals surface area contributed by atoms with Gasteiger partial charge in [0.1, 0.15) is 0 Å². The summed E-state index contributed by atoms with van der Waals surface area (Å²) >= 11 is 1.21. The highest BCUT2D eigenvalue weighted by atomic mass is 32.1. The molecular formula is C12H18N2O3S. The van der Waals surface area contributed by atoms with Crippen molar-refractivity contribution in [2.45, 2.75) is 33.6 Å². The summed E-state index contributed by atoms with van der Waals surface area (Å²) in [4.78, 5) is 24.4. The van der Waals surface area contributed by atoms with E-state index >= 15 is 0 Å². The van der Waals surface area contributed by atoms with E-state index in [4.69, 9.17) is 0 Å². The van der Waals surface area contributed by atoms with Crippen molar-refractivity contribution in [3.63, 3.8) is 0 Å². The Labute approximate surface area is 111 Å². The van der Waals surface area contributed by atoms with Crippen LogP contribution in [0, 0.1) is 10.1 Å². The second-order valence-corrected chi connectivity index (χ2v) is 5.08. The molecule has 0 fully saturated rings. The van der Waals surface area contributed by atoms with Gasteiger partial charge in [0.05, 0.1) is 9.80 Å². The first kappa shape index (κ1) is 14.6. The number of nitrogens with zero attached hydrogens (tertiary/aromatic N) is 2. The van der Waals surface area contributed by atoms with E-state index in [9.17, 15) is 14.9 Å². The van der Waals surface area contributed by atoms with Gasteiger partial charge in [-0.25, -0.2) is 0 Å². The van der Waals surface area contributed by atoms with E-state index in [1.165, 1.54) is 24.3 Å². The van der Waals surface area contributed by atoms with Crippen molar-refractivity contribution in [1.82, 2.24) is 0 Å². The first-order chi connectivity index (χ1) is 8.51. The highest BCUT2D eigenvalue weighted by molar-refractivity contribution is 7.18. The number of rotatable bonds is 7. The second-order valence-electron chi connectivity index (χ2n) is 4.05. The zero-order valence-corrected chi connectivity index (χ0v) is 11.7. The third-order valence-corrected chi connectivity index (χ3v) is 3.97. The molecule has 0 unspecified atom stereocenters. The van der Waals surface area contributed by atoms with Gasteiger partial charge in [-0.05, 0) is 20.3 Å². The lowest BCUT2D eigenvalue weighted by atomic mass is 10.3. The topological polar surface area (TPSA) is 63.5 Å². The Hall–Kier alpha value is -1.43. The summed E-state index contributed by atoms with van der Waals surface area (Å²) in [6, 6.07) is 1.39. The molecule has 0 aliphatic carbocycles. The summed E-state index contributed by atoms with van der Waals surface area (Å²) < 4.78 is 0. The second kappa shape index (κ2) is 6.49. The third kappa shape index (κ3) is 3.29. The van der Waals surface area contributed by atoms with E-state index in [-0.39, 0.29) is 11.5 Å². The molecule has 1 aromatic rings. The van der Waals surface area contributed by atoms with Crippen LogP contribution in [0.15, 0.2) is 6.07 Å². The van der Waals surface area contributed by atoms with Crippen molar-refractivity contribution in [1.29, 1.82) is 0 Å². The molecule has 0 saturated carbocycles. The molecule has 0 amide bonds. The highest BCUT2D eigenvalue weighted by Crippen LogP contribution is 2.37. The summed E-state index contributed by atoms with van der Waals surface area (Å²) in [6.07, 6.45) is 2.02. The number of unbranched alkanes of at least 4 members (excludes halogenated alkanes) is 1. The maximum absolute atomic E-state index is 11.3. The predicted octanol–water partition coefficient (Wildman–Crippen LogP) is 3.49. The van der Waals surface area contributed by atoms with Crippen LogP contribution in [0.1, 0.15) is 43.3 Å². The molecule has 1 aromatic heterocycles. The van der Waals surface area contributed by atoms with Crippen molar-refractivity contribution in [2.75, 3.05) is 18.0 Å². The normalized spacial score (nSPS) is 10.4. The number of hydrogen-bond acceptors (Lipinski definition) is 5. The SMILES string of the molecule is CCCCN(CC)c1sc(C(C)=O)cc1[N+](=O)[O-]. The van der Waals surface area contributed by atoms with Gasteiger partial charge in [-0.1, -0.05) is 13.3 Å². The Balaban J connectivity index is 3.10. The van der Waals surface area contributed by atoms with Crippen LogP contribution in [0.2, 0.25) is 0 Å². The quantitative estimate of drug-likeness (QED) is 0.432. The smallest absolute Gasteiger partial charge is 0.304 e. The zero-order chi connectivity index (χ0) is 13.7. The van der Waals surface area contributed by atoms with Crippen LogP contribution in [0.25, 0.3) is 0 Å². The van der Waals surface area contributed by atoms with E-state index in [0.29, 0.717) is 16.4 Å². The van der Waals surface area contributed by atoms with Crippen molar-refractivity contribution >= 4 is 27.8 Å². The van der Waals surface area contributed by atoms with Crippen LogP contribution in [-0.4, -0.2) is 23.8 Å². The monoisotopic (exact) mass is 270 g/mol. The standard InChI is InChI=1S/C12H18N2O3S/c1-4-6-7-13(5-2)12-10(14(16)17)8-11(18-12)9(3)15/h8H,4-7H2,1-3H3. The molecule has 0 aromatic carbocycles. The molecule has 100 valence electrons. The van der Waals surface area contributed by atoms with Crippen molar-refractivity contribution in [3.8, 4) is 0 Å². The minimum atomic E-state index is -0.410. The van der Waals surface area contributed by atoms with E-state index < -0.39 is 4.92 Å². The first-order valence-corrected chi connectivity index (χ1v) is 6.87. The molecule has 0 atom stereocenters. The zero-order valence-electron chi connectivity index (χ0n) is 10.9. The lowest BCUT2D eigenvalue weighted by molar-refractivity contribution is -0.383. The van der Waals surface area contributed by atoms with Gasteiger partial charge in [-0.3, -0.25) is 14.9 Å². The minimum absolute atomic E-state index is 0.0446. The molecule has 0 spiro atoms. The van der Waals surface area contributed by atoms with Gasteiger partial charge in [0.15, 0.2) is 10.8 Å². The van der Waals surface area contributed by atoms with E-state index in [0.717, 1.165) is 19.4 Å². The number of anilines is 1. The first-order valence-electron chi connectivity index (χ1n) is 6.05. The van der Waals surface area contributed by atoms with Crippen LogP contribution < -0.4 is 4.90 Å². The Morgan fingerprint density at radius 3 is 2.61 bits per heavy atom. The molecule has 18 heavy (non-hydrogen) atoms. The fourth-order valence-corrected chi connectivity index (χ4v) is 2.76. The average Bonchev–Trinajstić information content (AvgIpc) is 2.75. The number of nitro groups is 1. The van der Waals surface area contributed by atoms with E-state index in [1.54, 1.807) is 0 Å². The van der Waals surface area contributed by atoms with Crippen molar-refractivity contribution in [3.05, 3.63) is 21.1 Å². The average molecular weight is 270 g/mol. The molecule has 0 bridgehead atoms. The van der Waals surface area contributed by atoms with Crippen molar-refractivity contribution < 1.29 is 9.72 Å². The van der Waals surface area contributed by atoms with Crippen LogP contribution in [-0.2, 0) is 0 Å². The molecule has 0 aliphatic heterocycles. The Morgan fingerprint density at radius 2 is 2.17 bits per heavy atom. The lowest BCUT2D eigenvalue weighted by Gasteiger charge is -2.19. The molecular weight excluding hydrogens is 252 g/mol. The molecule has 6 heteroatoms. The van der Waals surface area contributed by atoms with Gasteiger partial charge in [-0.2, -0.15) is 0 Å². The minimum Gasteiger partial charge on any atom is -0.358 e. The summed E-state index contributed by atoms with van der Waals surface area (Å²) in [6.45, 7) is 6.97. The maximum atomic E-state index is 11.3. The number of Topliss-reactive ketones (excluding diaryl/α,β-unsaturated/α-hetero) is 1. The Bertz CT molecular complexity index is 443. The van der Waals surface area contributed by atoms with E-state index in [2.05, 4.69) is 6.92 Å². The van der Waals surface area contributed by atoms with E-state index in [1.807, 2.05) is 11.8 Å². The molecule has 0 radical (unpaired) electrons.